The van der Waals surface area contributed by atoms with E-state index in [9.17, 15) is 8.42 Å². The molecule has 4 nitrogen and oxygen atoms in total. The molecule has 20 heavy (non-hydrogen) atoms. The summed E-state index contributed by atoms with van der Waals surface area (Å²) in [5, 5.41) is 8.60. The Hall–Kier alpha value is -0.770. The van der Waals surface area contributed by atoms with Crippen LogP contribution in [0.4, 0.5) is 0 Å². The Bertz CT molecular complexity index is 644. The summed E-state index contributed by atoms with van der Waals surface area (Å²) in [5.41, 5.74) is -0.218. The van der Waals surface area contributed by atoms with E-state index in [0.717, 1.165) is 0 Å². The van der Waals surface area contributed by atoms with Crippen LogP contribution < -0.4 is 4.72 Å². The van der Waals surface area contributed by atoms with Gasteiger partial charge in [0.2, 0.25) is 10.0 Å². The molecular formula is C13H15Cl2NO3S. The quantitative estimate of drug-likeness (QED) is 0.815. The van der Waals surface area contributed by atoms with Crippen LogP contribution in [0.15, 0.2) is 17.0 Å². The normalized spacial score (nSPS) is 11.9. The smallest absolute Gasteiger partial charge is 0.244 e. The van der Waals surface area contributed by atoms with Gasteiger partial charge >= 0.3 is 0 Å². The predicted octanol–water partition coefficient (Wildman–Crippen LogP) is 2.41. The molecule has 0 saturated heterocycles. The Kier molecular flexibility index (Phi) is 5.47. The highest BCUT2D eigenvalue weighted by Gasteiger charge is 2.27. The summed E-state index contributed by atoms with van der Waals surface area (Å²) in [6, 6.07) is 2.79. The third-order valence-corrected chi connectivity index (χ3v) is 4.70. The minimum absolute atomic E-state index is 0.0171. The molecule has 0 aliphatic carbocycles. The van der Waals surface area contributed by atoms with E-state index in [1.165, 1.54) is 12.1 Å². The number of aliphatic hydroxyl groups excluding tert-OH is 1. The van der Waals surface area contributed by atoms with Crippen LogP contribution >= 0.6 is 23.2 Å². The molecule has 0 aliphatic rings. The highest BCUT2D eigenvalue weighted by Crippen LogP contribution is 2.31. The Labute approximate surface area is 129 Å². The van der Waals surface area contributed by atoms with Gasteiger partial charge in [-0.2, -0.15) is 0 Å². The molecule has 2 N–H and O–H groups in total. The van der Waals surface area contributed by atoms with Crippen molar-refractivity contribution >= 4 is 33.2 Å². The van der Waals surface area contributed by atoms with E-state index in [4.69, 9.17) is 28.3 Å². The maximum atomic E-state index is 12.3. The van der Waals surface area contributed by atoms with Gasteiger partial charge < -0.3 is 5.11 Å². The summed E-state index contributed by atoms with van der Waals surface area (Å²) in [7, 11) is -3.83. The van der Waals surface area contributed by atoms with E-state index >= 15 is 0 Å². The van der Waals surface area contributed by atoms with Crippen LogP contribution in [0.3, 0.4) is 0 Å². The van der Waals surface area contributed by atoms with Crippen LogP contribution in [-0.2, 0) is 10.0 Å². The van der Waals surface area contributed by atoms with Crippen LogP contribution in [0.2, 0.25) is 10.0 Å². The first-order valence-corrected chi connectivity index (χ1v) is 7.93. The van der Waals surface area contributed by atoms with Crippen molar-refractivity contribution in [3.05, 3.63) is 27.7 Å². The van der Waals surface area contributed by atoms with E-state index in [2.05, 4.69) is 16.6 Å². The van der Waals surface area contributed by atoms with E-state index in [-0.39, 0.29) is 21.5 Å². The van der Waals surface area contributed by atoms with Gasteiger partial charge in [-0.15, -0.1) is 0 Å². The molecule has 0 bridgehead atoms. The Morgan fingerprint density at radius 3 is 2.15 bits per heavy atom. The largest absolute Gasteiger partial charge is 0.384 e. The molecule has 0 unspecified atom stereocenters. The standard InChI is InChI=1S/C13H15Cl2NO3S/c1-13(2,3)16-20(18,19)12-10(14)7-9(5-4-6-17)8-11(12)15/h7-8,16-17H,6H2,1-3H3. The minimum Gasteiger partial charge on any atom is -0.384 e. The molecule has 0 aliphatic heterocycles. The molecule has 1 aromatic carbocycles. The topological polar surface area (TPSA) is 66.4 Å². The monoisotopic (exact) mass is 335 g/mol. The number of hydrogen-bond donors (Lipinski definition) is 2. The second kappa shape index (κ2) is 6.33. The first kappa shape index (κ1) is 17.3. The molecule has 1 rings (SSSR count). The fourth-order valence-electron chi connectivity index (χ4n) is 1.48. The molecular weight excluding hydrogens is 321 g/mol. The zero-order chi connectivity index (χ0) is 15.6. The Balaban J connectivity index is 3.34. The molecule has 0 spiro atoms. The van der Waals surface area contributed by atoms with Crippen molar-refractivity contribution in [2.75, 3.05) is 6.61 Å². The number of halogens is 2. The molecule has 0 saturated carbocycles. The highest BCUT2D eigenvalue weighted by atomic mass is 35.5. The van der Waals surface area contributed by atoms with Crippen molar-refractivity contribution in [1.82, 2.24) is 4.72 Å². The minimum atomic E-state index is -3.83. The number of hydrogen-bond acceptors (Lipinski definition) is 3. The van der Waals surface area contributed by atoms with Gasteiger partial charge in [-0.05, 0) is 32.9 Å². The fraction of sp³-hybridized carbons (Fsp3) is 0.385. The molecule has 1 aromatic rings. The van der Waals surface area contributed by atoms with Gasteiger partial charge in [0.15, 0.2) is 0 Å². The van der Waals surface area contributed by atoms with Crippen molar-refractivity contribution in [1.29, 1.82) is 0 Å². The maximum absolute atomic E-state index is 12.3. The summed E-state index contributed by atoms with van der Waals surface area (Å²) < 4.78 is 27.0. The number of rotatable bonds is 2. The average Bonchev–Trinajstić information content (AvgIpc) is 2.21. The third kappa shape index (κ3) is 4.65. The van der Waals surface area contributed by atoms with Gasteiger partial charge in [0.05, 0.1) is 10.0 Å². The van der Waals surface area contributed by atoms with Crippen LogP contribution in [0, 0.1) is 11.8 Å². The zero-order valence-corrected chi connectivity index (χ0v) is 13.6. The highest BCUT2D eigenvalue weighted by molar-refractivity contribution is 7.89. The predicted molar refractivity (Wildman–Crippen MR) is 80.5 cm³/mol. The second-order valence-corrected chi connectivity index (χ2v) is 7.52. The Morgan fingerprint density at radius 2 is 1.75 bits per heavy atom. The van der Waals surface area contributed by atoms with Gasteiger partial charge in [-0.3, -0.25) is 0 Å². The van der Waals surface area contributed by atoms with Gasteiger partial charge in [0, 0.05) is 11.1 Å². The maximum Gasteiger partial charge on any atom is 0.244 e. The summed E-state index contributed by atoms with van der Waals surface area (Å²) in [4.78, 5) is -0.176. The lowest BCUT2D eigenvalue weighted by Crippen LogP contribution is -2.40. The first-order chi connectivity index (χ1) is 9.07. The van der Waals surface area contributed by atoms with Gasteiger partial charge in [-0.25, -0.2) is 13.1 Å². The van der Waals surface area contributed by atoms with E-state index < -0.39 is 15.6 Å². The van der Waals surface area contributed by atoms with Gasteiger partial charge in [-0.1, -0.05) is 35.0 Å². The number of nitrogens with one attached hydrogen (secondary N) is 1. The van der Waals surface area contributed by atoms with Gasteiger partial charge in [0.25, 0.3) is 0 Å². The van der Waals surface area contributed by atoms with E-state index in [1.807, 2.05) is 0 Å². The average molecular weight is 336 g/mol. The second-order valence-electron chi connectivity index (χ2n) is 5.08. The molecule has 0 fully saturated rings. The number of benzene rings is 1. The van der Waals surface area contributed by atoms with E-state index in [1.54, 1.807) is 20.8 Å². The van der Waals surface area contributed by atoms with Crippen LogP contribution in [0.25, 0.3) is 0 Å². The van der Waals surface area contributed by atoms with Crippen molar-refractivity contribution < 1.29 is 13.5 Å². The fourth-order valence-corrected chi connectivity index (χ4v) is 4.12. The third-order valence-electron chi connectivity index (χ3n) is 2.02. The van der Waals surface area contributed by atoms with Crippen molar-refractivity contribution in [2.45, 2.75) is 31.2 Å². The molecule has 0 radical (unpaired) electrons. The molecule has 0 amide bonds. The van der Waals surface area contributed by atoms with Crippen LogP contribution in [-0.4, -0.2) is 25.7 Å². The lowest BCUT2D eigenvalue weighted by Gasteiger charge is -2.21. The molecule has 110 valence electrons. The van der Waals surface area contributed by atoms with Crippen LogP contribution in [0.5, 0.6) is 0 Å². The first-order valence-electron chi connectivity index (χ1n) is 5.69. The number of sulfonamides is 1. The summed E-state index contributed by atoms with van der Waals surface area (Å²) >= 11 is 12.0. The van der Waals surface area contributed by atoms with Crippen molar-refractivity contribution in [3.8, 4) is 11.8 Å². The molecule has 0 aromatic heterocycles. The number of aliphatic hydroxyl groups is 1. The molecule has 7 heteroatoms. The summed E-state index contributed by atoms with van der Waals surface area (Å²) in [6.45, 7) is 4.84. The Morgan fingerprint density at radius 1 is 1.25 bits per heavy atom. The summed E-state index contributed by atoms with van der Waals surface area (Å²) in [5.74, 6) is 5.06. The molecule has 0 atom stereocenters. The van der Waals surface area contributed by atoms with Crippen molar-refractivity contribution in [2.24, 2.45) is 0 Å². The zero-order valence-electron chi connectivity index (χ0n) is 11.3. The van der Waals surface area contributed by atoms with Crippen molar-refractivity contribution in [3.63, 3.8) is 0 Å². The van der Waals surface area contributed by atoms with E-state index in [0.29, 0.717) is 5.56 Å². The SMILES string of the molecule is CC(C)(C)NS(=O)(=O)c1c(Cl)cc(C#CCO)cc1Cl. The lowest BCUT2D eigenvalue weighted by atomic mass is 10.1. The summed E-state index contributed by atoms with van der Waals surface area (Å²) in [6.07, 6.45) is 0. The van der Waals surface area contributed by atoms with Gasteiger partial charge in [0.1, 0.15) is 11.5 Å². The van der Waals surface area contributed by atoms with Crippen LogP contribution in [0.1, 0.15) is 26.3 Å². The molecule has 0 heterocycles. The lowest BCUT2D eigenvalue weighted by molar-refractivity contribution is 0.350.